The normalized spacial score (nSPS) is 10.6. The Morgan fingerprint density at radius 3 is 2.89 bits per heavy atom. The number of nitrogens with zero attached hydrogens (tertiary/aromatic N) is 1. The van der Waals surface area contributed by atoms with E-state index in [9.17, 15) is 0 Å². The summed E-state index contributed by atoms with van der Waals surface area (Å²) in [6.45, 7) is 5.16. The monoisotopic (exact) mass is 259 g/mol. The molecule has 0 saturated carbocycles. The highest BCUT2D eigenvalue weighted by atomic mass is 32.1. The van der Waals surface area contributed by atoms with Crippen LogP contribution >= 0.6 is 12.2 Å². The molecule has 0 amide bonds. The SMILES string of the molecule is CC(C)CNC(=S)Nc1cnc2ccccc2c1. The molecule has 4 heteroatoms. The molecule has 0 fully saturated rings. The summed E-state index contributed by atoms with van der Waals surface area (Å²) < 4.78 is 0. The molecule has 2 rings (SSSR count). The number of para-hydroxylation sites is 1. The van der Waals surface area contributed by atoms with Gasteiger partial charge in [0.25, 0.3) is 0 Å². The number of nitrogens with one attached hydrogen (secondary N) is 2. The van der Waals surface area contributed by atoms with Crippen molar-refractivity contribution in [1.82, 2.24) is 10.3 Å². The Labute approximate surface area is 113 Å². The van der Waals surface area contributed by atoms with Crippen molar-refractivity contribution in [3.63, 3.8) is 0 Å². The summed E-state index contributed by atoms with van der Waals surface area (Å²) in [5.41, 5.74) is 1.90. The summed E-state index contributed by atoms with van der Waals surface area (Å²) in [6, 6.07) is 10.1. The third-order valence-corrected chi connectivity index (χ3v) is 2.77. The fourth-order valence-corrected chi connectivity index (χ4v) is 1.81. The standard InChI is InChI=1S/C14H17N3S/c1-10(2)8-16-14(18)17-12-7-11-5-3-4-6-13(11)15-9-12/h3-7,9-10H,8H2,1-2H3,(H2,16,17,18). The number of benzene rings is 1. The van der Waals surface area contributed by atoms with Gasteiger partial charge >= 0.3 is 0 Å². The topological polar surface area (TPSA) is 37.0 Å². The predicted molar refractivity (Wildman–Crippen MR) is 80.8 cm³/mol. The third kappa shape index (κ3) is 3.40. The molecule has 1 aromatic carbocycles. The number of aromatic nitrogens is 1. The lowest BCUT2D eigenvalue weighted by Crippen LogP contribution is -2.31. The molecule has 18 heavy (non-hydrogen) atoms. The van der Waals surface area contributed by atoms with E-state index in [1.807, 2.05) is 30.3 Å². The van der Waals surface area contributed by atoms with E-state index in [1.165, 1.54) is 0 Å². The van der Waals surface area contributed by atoms with Gasteiger partial charge in [-0.15, -0.1) is 0 Å². The van der Waals surface area contributed by atoms with E-state index in [0.717, 1.165) is 23.1 Å². The van der Waals surface area contributed by atoms with Crippen LogP contribution in [-0.2, 0) is 0 Å². The van der Waals surface area contributed by atoms with Crippen molar-refractivity contribution in [1.29, 1.82) is 0 Å². The molecule has 0 aliphatic carbocycles. The van der Waals surface area contributed by atoms with Crippen LogP contribution in [0, 0.1) is 5.92 Å². The number of anilines is 1. The maximum absolute atomic E-state index is 5.23. The zero-order chi connectivity index (χ0) is 13.0. The summed E-state index contributed by atoms with van der Waals surface area (Å²) in [7, 11) is 0. The van der Waals surface area contributed by atoms with E-state index in [0.29, 0.717) is 11.0 Å². The molecule has 1 heterocycles. The quantitative estimate of drug-likeness (QED) is 0.830. The molecule has 0 aliphatic heterocycles. The summed E-state index contributed by atoms with van der Waals surface area (Å²) in [5.74, 6) is 0.569. The smallest absolute Gasteiger partial charge is 0.170 e. The second-order valence-corrected chi connectivity index (χ2v) is 5.05. The fraction of sp³-hybridized carbons (Fsp3) is 0.286. The van der Waals surface area contributed by atoms with Gasteiger partial charge in [-0.3, -0.25) is 4.98 Å². The lowest BCUT2D eigenvalue weighted by molar-refractivity contribution is 0.627. The first kappa shape index (κ1) is 12.8. The number of thiocarbonyl (C=S) groups is 1. The average molecular weight is 259 g/mol. The van der Waals surface area contributed by atoms with Crippen molar-refractivity contribution in [3.05, 3.63) is 36.5 Å². The Morgan fingerprint density at radius 1 is 1.33 bits per heavy atom. The Hall–Kier alpha value is -1.68. The van der Waals surface area contributed by atoms with Crippen molar-refractivity contribution in [2.24, 2.45) is 5.92 Å². The predicted octanol–water partition coefficient (Wildman–Crippen LogP) is 3.18. The first-order chi connectivity index (χ1) is 8.65. The summed E-state index contributed by atoms with van der Waals surface area (Å²) in [5, 5.41) is 8.06. The van der Waals surface area contributed by atoms with Crippen LogP contribution in [0.25, 0.3) is 10.9 Å². The Balaban J connectivity index is 2.05. The highest BCUT2D eigenvalue weighted by Gasteiger charge is 2.00. The molecule has 0 radical (unpaired) electrons. The lowest BCUT2D eigenvalue weighted by Gasteiger charge is -2.12. The molecular weight excluding hydrogens is 242 g/mol. The highest BCUT2D eigenvalue weighted by Crippen LogP contribution is 2.15. The minimum atomic E-state index is 0.569. The average Bonchev–Trinajstić information content (AvgIpc) is 2.36. The maximum atomic E-state index is 5.23. The van der Waals surface area contributed by atoms with Crippen LogP contribution in [0.5, 0.6) is 0 Å². The van der Waals surface area contributed by atoms with Gasteiger partial charge in [-0.25, -0.2) is 0 Å². The van der Waals surface area contributed by atoms with Crippen LogP contribution in [0.1, 0.15) is 13.8 Å². The molecule has 94 valence electrons. The Morgan fingerprint density at radius 2 is 2.11 bits per heavy atom. The Kier molecular flexibility index (Phi) is 4.10. The summed E-state index contributed by atoms with van der Waals surface area (Å²) >= 11 is 5.23. The molecule has 0 bridgehead atoms. The maximum Gasteiger partial charge on any atom is 0.170 e. The minimum Gasteiger partial charge on any atom is -0.362 e. The van der Waals surface area contributed by atoms with Crippen LogP contribution in [0.3, 0.4) is 0 Å². The van der Waals surface area contributed by atoms with Crippen molar-refractivity contribution < 1.29 is 0 Å². The van der Waals surface area contributed by atoms with Crippen LogP contribution < -0.4 is 10.6 Å². The van der Waals surface area contributed by atoms with Crippen molar-refractivity contribution in [2.45, 2.75) is 13.8 Å². The molecule has 2 aromatic rings. The van der Waals surface area contributed by atoms with E-state index >= 15 is 0 Å². The van der Waals surface area contributed by atoms with Gasteiger partial charge in [0.1, 0.15) is 0 Å². The van der Waals surface area contributed by atoms with Gasteiger partial charge < -0.3 is 10.6 Å². The van der Waals surface area contributed by atoms with E-state index in [4.69, 9.17) is 12.2 Å². The van der Waals surface area contributed by atoms with E-state index in [1.54, 1.807) is 6.20 Å². The van der Waals surface area contributed by atoms with Crippen molar-refractivity contribution >= 4 is 33.9 Å². The zero-order valence-electron chi connectivity index (χ0n) is 10.6. The van der Waals surface area contributed by atoms with Crippen LogP contribution in [0.4, 0.5) is 5.69 Å². The first-order valence-corrected chi connectivity index (χ1v) is 6.45. The molecule has 0 atom stereocenters. The molecule has 0 saturated heterocycles. The Bertz CT molecular complexity index is 551. The number of hydrogen-bond donors (Lipinski definition) is 2. The van der Waals surface area contributed by atoms with Crippen molar-refractivity contribution in [3.8, 4) is 0 Å². The van der Waals surface area contributed by atoms with Gasteiger partial charge in [-0.1, -0.05) is 32.0 Å². The minimum absolute atomic E-state index is 0.569. The van der Waals surface area contributed by atoms with Crippen LogP contribution in [0.2, 0.25) is 0 Å². The molecule has 0 unspecified atom stereocenters. The number of rotatable bonds is 3. The van der Waals surface area contributed by atoms with Crippen LogP contribution in [0.15, 0.2) is 36.5 Å². The number of hydrogen-bond acceptors (Lipinski definition) is 2. The van der Waals surface area contributed by atoms with E-state index in [2.05, 4.69) is 29.5 Å². The van der Waals surface area contributed by atoms with E-state index in [-0.39, 0.29) is 0 Å². The summed E-state index contributed by atoms with van der Waals surface area (Å²) in [4.78, 5) is 4.38. The fourth-order valence-electron chi connectivity index (χ4n) is 1.61. The second-order valence-electron chi connectivity index (χ2n) is 4.65. The van der Waals surface area contributed by atoms with Gasteiger partial charge in [0.2, 0.25) is 0 Å². The number of fused-ring (bicyclic) bond motifs is 1. The van der Waals surface area contributed by atoms with Gasteiger partial charge in [0.05, 0.1) is 17.4 Å². The second kappa shape index (κ2) is 5.78. The third-order valence-electron chi connectivity index (χ3n) is 2.52. The summed E-state index contributed by atoms with van der Waals surface area (Å²) in [6.07, 6.45) is 1.80. The van der Waals surface area contributed by atoms with Crippen LogP contribution in [-0.4, -0.2) is 16.6 Å². The van der Waals surface area contributed by atoms with Gasteiger partial charge in [0, 0.05) is 11.9 Å². The molecule has 2 N–H and O–H groups in total. The largest absolute Gasteiger partial charge is 0.362 e. The van der Waals surface area contributed by atoms with Gasteiger partial charge in [-0.2, -0.15) is 0 Å². The molecule has 3 nitrogen and oxygen atoms in total. The van der Waals surface area contributed by atoms with Gasteiger partial charge in [-0.05, 0) is 30.3 Å². The zero-order valence-corrected chi connectivity index (χ0v) is 11.4. The molecule has 0 aliphatic rings. The molecular formula is C14H17N3S. The first-order valence-electron chi connectivity index (χ1n) is 6.05. The van der Waals surface area contributed by atoms with E-state index < -0.39 is 0 Å². The number of pyridine rings is 1. The highest BCUT2D eigenvalue weighted by molar-refractivity contribution is 7.80. The molecule has 1 aromatic heterocycles. The molecule has 0 spiro atoms. The lowest BCUT2D eigenvalue weighted by atomic mass is 10.2. The van der Waals surface area contributed by atoms with Gasteiger partial charge in [0.15, 0.2) is 5.11 Å². The van der Waals surface area contributed by atoms with Crippen molar-refractivity contribution in [2.75, 3.05) is 11.9 Å².